The molecule has 1 aromatic heterocycles. The molecule has 1 aliphatic heterocycles. The molecular weight excluding hydrogens is 349 g/mol. The van der Waals surface area contributed by atoms with E-state index in [0.717, 1.165) is 5.56 Å². The third-order valence-corrected chi connectivity index (χ3v) is 4.44. The summed E-state index contributed by atoms with van der Waals surface area (Å²) in [6.07, 6.45) is 3.56. The summed E-state index contributed by atoms with van der Waals surface area (Å²) in [7, 11) is 0. The normalized spacial score (nSPS) is 17.2. The van der Waals surface area contributed by atoms with Crippen LogP contribution in [0.3, 0.4) is 0 Å². The van der Waals surface area contributed by atoms with Crippen molar-refractivity contribution >= 4 is 40.7 Å². The number of carbonyl (C=O) groups excluding carboxylic acids is 2. The summed E-state index contributed by atoms with van der Waals surface area (Å²) in [5.74, 6) is -0.648. The number of amides is 2. The number of nitrogens with one attached hydrogen (secondary N) is 1. The molecule has 2 aromatic rings. The minimum absolute atomic E-state index is 0.0332. The molecule has 2 heterocycles. The van der Waals surface area contributed by atoms with Gasteiger partial charge >= 0.3 is 0 Å². The molecule has 24 heavy (non-hydrogen) atoms. The molecule has 0 radical (unpaired) electrons. The molecule has 1 saturated heterocycles. The summed E-state index contributed by atoms with van der Waals surface area (Å²) in [4.78, 5) is 30.2. The minimum atomic E-state index is -0.397. The highest BCUT2D eigenvalue weighted by Gasteiger charge is 2.34. The quantitative estimate of drug-likeness (QED) is 0.905. The van der Waals surface area contributed by atoms with E-state index in [1.807, 2.05) is 12.1 Å². The fourth-order valence-corrected chi connectivity index (χ4v) is 3.09. The average Bonchev–Trinajstić information content (AvgIpc) is 2.92. The first-order chi connectivity index (χ1) is 11.5. The topological polar surface area (TPSA) is 62.3 Å². The average molecular weight is 364 g/mol. The van der Waals surface area contributed by atoms with Crippen molar-refractivity contribution in [1.29, 1.82) is 0 Å². The molecular formula is C17H15Cl2N3O2. The fraction of sp³-hybridized carbons (Fsp3) is 0.235. The Labute approximate surface area is 149 Å². The van der Waals surface area contributed by atoms with Crippen LogP contribution in [0.2, 0.25) is 10.0 Å². The molecule has 1 aliphatic rings. The van der Waals surface area contributed by atoms with E-state index in [9.17, 15) is 9.59 Å². The maximum absolute atomic E-state index is 12.4. The van der Waals surface area contributed by atoms with Gasteiger partial charge in [0.2, 0.25) is 11.8 Å². The van der Waals surface area contributed by atoms with Crippen LogP contribution < -0.4 is 5.32 Å². The lowest BCUT2D eigenvalue weighted by Crippen LogP contribution is -2.28. The molecule has 0 saturated carbocycles. The van der Waals surface area contributed by atoms with Crippen molar-refractivity contribution in [3.05, 3.63) is 58.3 Å². The van der Waals surface area contributed by atoms with Crippen LogP contribution in [-0.4, -0.2) is 28.2 Å². The van der Waals surface area contributed by atoms with Crippen molar-refractivity contribution in [2.75, 3.05) is 11.9 Å². The molecule has 1 fully saturated rings. The van der Waals surface area contributed by atoms with Crippen LogP contribution in [-0.2, 0) is 16.1 Å². The van der Waals surface area contributed by atoms with Gasteiger partial charge in [0.1, 0.15) is 0 Å². The van der Waals surface area contributed by atoms with Crippen LogP contribution in [0.4, 0.5) is 5.69 Å². The van der Waals surface area contributed by atoms with Gasteiger partial charge in [0.15, 0.2) is 0 Å². The molecule has 1 N–H and O–H groups in total. The summed E-state index contributed by atoms with van der Waals surface area (Å²) in [5, 5.41) is 3.63. The van der Waals surface area contributed by atoms with Crippen LogP contribution in [0.1, 0.15) is 12.0 Å². The lowest BCUT2D eigenvalue weighted by molar-refractivity contribution is -0.128. The predicted octanol–water partition coefficient (Wildman–Crippen LogP) is 3.38. The number of carbonyl (C=O) groups is 2. The van der Waals surface area contributed by atoms with Gasteiger partial charge < -0.3 is 10.2 Å². The van der Waals surface area contributed by atoms with Gasteiger partial charge in [0.05, 0.1) is 16.6 Å². The van der Waals surface area contributed by atoms with E-state index in [1.165, 1.54) is 0 Å². The molecule has 1 unspecified atom stereocenters. The minimum Gasteiger partial charge on any atom is -0.338 e. The van der Waals surface area contributed by atoms with E-state index >= 15 is 0 Å². The zero-order chi connectivity index (χ0) is 17.1. The van der Waals surface area contributed by atoms with E-state index in [4.69, 9.17) is 23.2 Å². The Morgan fingerprint density at radius 2 is 2.00 bits per heavy atom. The number of rotatable bonds is 4. The lowest BCUT2D eigenvalue weighted by atomic mass is 10.1. The lowest BCUT2D eigenvalue weighted by Gasteiger charge is -2.16. The first-order valence-electron chi connectivity index (χ1n) is 7.45. The number of benzene rings is 1. The van der Waals surface area contributed by atoms with Gasteiger partial charge in [0.25, 0.3) is 0 Å². The SMILES string of the molecule is O=C(Nc1ccc(Cl)cc1Cl)C1CC(=O)N(Cc2ccncc2)C1. The molecule has 5 nitrogen and oxygen atoms in total. The summed E-state index contributed by atoms with van der Waals surface area (Å²) in [5.41, 5.74) is 1.48. The number of anilines is 1. The first-order valence-corrected chi connectivity index (χ1v) is 8.21. The molecule has 0 aliphatic carbocycles. The smallest absolute Gasteiger partial charge is 0.229 e. The number of likely N-dealkylation sites (tertiary alicyclic amines) is 1. The number of aromatic nitrogens is 1. The van der Waals surface area contributed by atoms with E-state index in [2.05, 4.69) is 10.3 Å². The zero-order valence-corrected chi connectivity index (χ0v) is 14.2. The van der Waals surface area contributed by atoms with E-state index in [0.29, 0.717) is 28.8 Å². The second kappa shape index (κ2) is 7.20. The van der Waals surface area contributed by atoms with Gasteiger partial charge in [0, 0.05) is 36.9 Å². The molecule has 7 heteroatoms. The highest BCUT2D eigenvalue weighted by Crippen LogP contribution is 2.27. The highest BCUT2D eigenvalue weighted by atomic mass is 35.5. The summed E-state index contributed by atoms with van der Waals surface area (Å²) in [6.45, 7) is 0.866. The molecule has 0 spiro atoms. The third kappa shape index (κ3) is 3.86. The summed E-state index contributed by atoms with van der Waals surface area (Å²) >= 11 is 11.9. The number of hydrogen-bond donors (Lipinski definition) is 1. The van der Waals surface area contributed by atoms with Gasteiger partial charge in [-0.1, -0.05) is 23.2 Å². The Bertz CT molecular complexity index is 768. The molecule has 1 aromatic carbocycles. The Morgan fingerprint density at radius 1 is 1.25 bits per heavy atom. The Balaban J connectivity index is 1.63. The Kier molecular flexibility index (Phi) is 5.02. The zero-order valence-electron chi connectivity index (χ0n) is 12.7. The number of hydrogen-bond acceptors (Lipinski definition) is 3. The van der Waals surface area contributed by atoms with E-state index in [1.54, 1.807) is 35.5 Å². The predicted molar refractivity (Wildman–Crippen MR) is 92.9 cm³/mol. The molecule has 0 bridgehead atoms. The number of pyridine rings is 1. The molecule has 2 amide bonds. The van der Waals surface area contributed by atoms with Gasteiger partial charge in [-0.3, -0.25) is 14.6 Å². The van der Waals surface area contributed by atoms with Crippen LogP contribution in [0.5, 0.6) is 0 Å². The van der Waals surface area contributed by atoms with Gasteiger partial charge in [-0.15, -0.1) is 0 Å². The van der Waals surface area contributed by atoms with E-state index in [-0.39, 0.29) is 18.2 Å². The van der Waals surface area contributed by atoms with Crippen molar-refractivity contribution in [2.45, 2.75) is 13.0 Å². The molecule has 3 rings (SSSR count). The Hall–Kier alpha value is -2.11. The van der Waals surface area contributed by atoms with Gasteiger partial charge in [-0.2, -0.15) is 0 Å². The summed E-state index contributed by atoms with van der Waals surface area (Å²) in [6, 6.07) is 8.57. The van der Waals surface area contributed by atoms with Crippen molar-refractivity contribution in [3.8, 4) is 0 Å². The van der Waals surface area contributed by atoms with Crippen LogP contribution in [0.25, 0.3) is 0 Å². The van der Waals surface area contributed by atoms with Gasteiger partial charge in [-0.05, 0) is 35.9 Å². The second-order valence-corrected chi connectivity index (χ2v) is 6.49. The van der Waals surface area contributed by atoms with Crippen LogP contribution in [0.15, 0.2) is 42.7 Å². The van der Waals surface area contributed by atoms with Crippen LogP contribution >= 0.6 is 23.2 Å². The summed E-state index contributed by atoms with van der Waals surface area (Å²) < 4.78 is 0. The molecule has 124 valence electrons. The largest absolute Gasteiger partial charge is 0.338 e. The maximum Gasteiger partial charge on any atom is 0.229 e. The van der Waals surface area contributed by atoms with Gasteiger partial charge in [-0.25, -0.2) is 0 Å². The second-order valence-electron chi connectivity index (χ2n) is 5.64. The van der Waals surface area contributed by atoms with E-state index < -0.39 is 5.92 Å². The van der Waals surface area contributed by atoms with Crippen molar-refractivity contribution in [3.63, 3.8) is 0 Å². The standard InChI is InChI=1S/C17H15Cl2N3O2/c18-13-1-2-15(14(19)8-13)21-17(24)12-7-16(23)22(10-12)9-11-3-5-20-6-4-11/h1-6,8,12H,7,9-10H2,(H,21,24). The van der Waals surface area contributed by atoms with Crippen molar-refractivity contribution in [1.82, 2.24) is 9.88 Å². The highest BCUT2D eigenvalue weighted by molar-refractivity contribution is 6.36. The van der Waals surface area contributed by atoms with Crippen LogP contribution in [0, 0.1) is 5.92 Å². The first kappa shape index (κ1) is 16.7. The fourth-order valence-electron chi connectivity index (χ4n) is 2.63. The monoisotopic (exact) mass is 363 g/mol. The Morgan fingerprint density at radius 3 is 2.71 bits per heavy atom. The van der Waals surface area contributed by atoms with Crippen molar-refractivity contribution < 1.29 is 9.59 Å². The third-order valence-electron chi connectivity index (χ3n) is 3.90. The molecule has 1 atom stereocenters. The number of halogens is 2. The number of nitrogens with zero attached hydrogens (tertiary/aromatic N) is 2. The van der Waals surface area contributed by atoms with Crippen molar-refractivity contribution in [2.24, 2.45) is 5.92 Å². The maximum atomic E-state index is 12.4.